The highest BCUT2D eigenvalue weighted by atomic mass is 16.5. The van der Waals surface area contributed by atoms with E-state index in [0.29, 0.717) is 18.9 Å². The molecule has 1 N–H and O–H groups in total. The third-order valence-corrected chi connectivity index (χ3v) is 3.65. The van der Waals surface area contributed by atoms with Crippen molar-refractivity contribution >= 4 is 5.91 Å². The Bertz CT molecular complexity index is 563. The lowest BCUT2D eigenvalue weighted by molar-refractivity contribution is -0.121. The molecule has 0 saturated carbocycles. The van der Waals surface area contributed by atoms with Gasteiger partial charge >= 0.3 is 0 Å². The lowest BCUT2D eigenvalue weighted by atomic mass is 9.97. The summed E-state index contributed by atoms with van der Waals surface area (Å²) in [7, 11) is 0. The van der Waals surface area contributed by atoms with Crippen LogP contribution in [0.25, 0.3) is 0 Å². The second-order valence-corrected chi connectivity index (χ2v) is 4.91. The Morgan fingerprint density at radius 1 is 1.37 bits per heavy atom. The number of nitrogens with zero attached hydrogens (tertiary/aromatic N) is 1. The van der Waals surface area contributed by atoms with Gasteiger partial charge in [0.15, 0.2) is 0 Å². The minimum Gasteiger partial charge on any atom is -0.364 e. The van der Waals surface area contributed by atoms with Crippen molar-refractivity contribution in [3.63, 3.8) is 0 Å². The summed E-state index contributed by atoms with van der Waals surface area (Å²) >= 11 is 0. The van der Waals surface area contributed by atoms with Crippen LogP contribution in [0.5, 0.6) is 0 Å². The van der Waals surface area contributed by atoms with Crippen LogP contribution >= 0.6 is 0 Å². The van der Waals surface area contributed by atoms with Crippen LogP contribution in [0.15, 0.2) is 41.1 Å². The van der Waals surface area contributed by atoms with Crippen molar-refractivity contribution in [1.29, 1.82) is 0 Å². The molecular formula is C15H16N2O2. The van der Waals surface area contributed by atoms with Crippen molar-refractivity contribution in [2.24, 2.45) is 0 Å². The van der Waals surface area contributed by atoms with Gasteiger partial charge in [0.1, 0.15) is 12.0 Å². The first-order chi connectivity index (χ1) is 9.33. The molecule has 19 heavy (non-hydrogen) atoms. The molecule has 0 radical (unpaired) electrons. The Labute approximate surface area is 111 Å². The molecule has 98 valence electrons. The molecule has 1 amide bonds. The molecule has 0 spiro atoms. The quantitative estimate of drug-likeness (QED) is 0.914. The van der Waals surface area contributed by atoms with Gasteiger partial charge in [-0.3, -0.25) is 4.79 Å². The number of amides is 1. The molecule has 3 rings (SSSR count). The van der Waals surface area contributed by atoms with Gasteiger partial charge in [0, 0.05) is 12.5 Å². The first kappa shape index (κ1) is 12.0. The summed E-state index contributed by atoms with van der Waals surface area (Å²) in [6.07, 6.45) is 4.21. The van der Waals surface area contributed by atoms with E-state index in [1.807, 2.05) is 6.07 Å². The topological polar surface area (TPSA) is 55.1 Å². The maximum absolute atomic E-state index is 11.9. The Kier molecular flexibility index (Phi) is 3.31. The van der Waals surface area contributed by atoms with Crippen LogP contribution in [-0.4, -0.2) is 11.1 Å². The molecule has 1 aliphatic carbocycles. The van der Waals surface area contributed by atoms with Crippen molar-refractivity contribution in [2.45, 2.75) is 31.7 Å². The molecule has 1 aromatic carbocycles. The first-order valence-electron chi connectivity index (χ1n) is 6.56. The molecule has 0 saturated heterocycles. The predicted octanol–water partition coefficient (Wildman–Crippen LogP) is 2.41. The lowest BCUT2D eigenvalue weighted by Gasteiger charge is -2.11. The molecule has 0 aliphatic heterocycles. The third-order valence-electron chi connectivity index (χ3n) is 3.65. The number of carbonyl (C=O) groups is 1. The monoisotopic (exact) mass is 256 g/mol. The number of aryl methyl sites for hydroxylation is 1. The van der Waals surface area contributed by atoms with Crippen LogP contribution < -0.4 is 5.32 Å². The van der Waals surface area contributed by atoms with E-state index in [2.05, 4.69) is 28.7 Å². The van der Waals surface area contributed by atoms with E-state index in [1.54, 1.807) is 6.07 Å². The number of aromatic nitrogens is 1. The van der Waals surface area contributed by atoms with Gasteiger partial charge in [0.25, 0.3) is 0 Å². The van der Waals surface area contributed by atoms with Crippen molar-refractivity contribution in [3.8, 4) is 0 Å². The van der Waals surface area contributed by atoms with Gasteiger partial charge in [-0.25, -0.2) is 0 Å². The zero-order valence-electron chi connectivity index (χ0n) is 10.6. The summed E-state index contributed by atoms with van der Waals surface area (Å²) in [5.41, 5.74) is 3.47. The standard InChI is InChI=1S/C15H16N2O2/c18-15(16-10-13-7-8-19-17-13)9-12-6-5-11-3-1-2-4-14(11)12/h1-4,7-8,12H,5-6,9-10H2,(H,16,18)/t12-/m0/s1. The normalized spacial score (nSPS) is 17.2. The Morgan fingerprint density at radius 2 is 2.26 bits per heavy atom. The Hall–Kier alpha value is -2.10. The fraction of sp³-hybridized carbons (Fsp3) is 0.333. The number of nitrogens with one attached hydrogen (secondary N) is 1. The number of benzene rings is 1. The highest BCUT2D eigenvalue weighted by Crippen LogP contribution is 2.34. The second-order valence-electron chi connectivity index (χ2n) is 4.91. The summed E-state index contributed by atoms with van der Waals surface area (Å²) in [6, 6.07) is 10.2. The Morgan fingerprint density at radius 3 is 3.11 bits per heavy atom. The van der Waals surface area contributed by atoms with Gasteiger partial charge in [0.05, 0.1) is 6.54 Å². The average molecular weight is 256 g/mol. The minimum absolute atomic E-state index is 0.0738. The van der Waals surface area contributed by atoms with Crippen molar-refractivity contribution in [3.05, 3.63) is 53.4 Å². The van der Waals surface area contributed by atoms with Gasteiger partial charge in [-0.1, -0.05) is 29.4 Å². The van der Waals surface area contributed by atoms with Crippen molar-refractivity contribution < 1.29 is 9.32 Å². The van der Waals surface area contributed by atoms with Crippen LogP contribution in [0.4, 0.5) is 0 Å². The number of hydrogen-bond donors (Lipinski definition) is 1. The second kappa shape index (κ2) is 5.26. The van der Waals surface area contributed by atoms with Crippen molar-refractivity contribution in [2.75, 3.05) is 0 Å². The minimum atomic E-state index is 0.0738. The zero-order chi connectivity index (χ0) is 13.1. The van der Waals surface area contributed by atoms with Crippen LogP contribution in [0.1, 0.15) is 35.6 Å². The van der Waals surface area contributed by atoms with Gasteiger partial charge in [-0.15, -0.1) is 0 Å². The summed E-state index contributed by atoms with van der Waals surface area (Å²) in [6.45, 7) is 0.434. The van der Waals surface area contributed by atoms with Gasteiger partial charge in [0.2, 0.25) is 5.91 Å². The van der Waals surface area contributed by atoms with E-state index in [0.717, 1.165) is 18.5 Å². The molecule has 1 aliphatic rings. The van der Waals surface area contributed by atoms with E-state index < -0.39 is 0 Å². The van der Waals surface area contributed by atoms with Crippen LogP contribution in [0.2, 0.25) is 0 Å². The molecule has 4 heteroatoms. The van der Waals surface area contributed by atoms with E-state index >= 15 is 0 Å². The van der Waals surface area contributed by atoms with Gasteiger partial charge < -0.3 is 9.84 Å². The molecule has 1 atom stereocenters. The predicted molar refractivity (Wildman–Crippen MR) is 70.5 cm³/mol. The number of carbonyl (C=O) groups excluding carboxylic acids is 1. The lowest BCUT2D eigenvalue weighted by Crippen LogP contribution is -2.24. The molecule has 1 heterocycles. The number of rotatable bonds is 4. The number of fused-ring (bicyclic) bond motifs is 1. The molecule has 0 fully saturated rings. The van der Waals surface area contributed by atoms with E-state index in [1.165, 1.54) is 17.4 Å². The SMILES string of the molecule is O=C(C[C@@H]1CCc2ccccc21)NCc1ccon1. The summed E-state index contributed by atoms with van der Waals surface area (Å²) in [5.74, 6) is 0.429. The fourth-order valence-corrected chi connectivity index (χ4v) is 2.67. The molecule has 1 aromatic heterocycles. The molecule has 0 unspecified atom stereocenters. The van der Waals surface area contributed by atoms with Gasteiger partial charge in [-0.2, -0.15) is 0 Å². The van der Waals surface area contributed by atoms with E-state index in [4.69, 9.17) is 4.52 Å². The summed E-state index contributed by atoms with van der Waals surface area (Å²) < 4.78 is 4.73. The van der Waals surface area contributed by atoms with E-state index in [9.17, 15) is 4.79 Å². The highest BCUT2D eigenvalue weighted by molar-refractivity contribution is 5.77. The van der Waals surface area contributed by atoms with Crippen LogP contribution in [-0.2, 0) is 17.8 Å². The van der Waals surface area contributed by atoms with Crippen molar-refractivity contribution in [1.82, 2.24) is 10.5 Å². The molecule has 0 bridgehead atoms. The largest absolute Gasteiger partial charge is 0.364 e. The first-order valence-corrected chi connectivity index (χ1v) is 6.56. The third kappa shape index (κ3) is 2.67. The summed E-state index contributed by atoms with van der Waals surface area (Å²) in [5, 5.41) is 6.65. The Balaban J connectivity index is 1.56. The highest BCUT2D eigenvalue weighted by Gasteiger charge is 2.23. The average Bonchev–Trinajstić information content (AvgIpc) is 3.07. The number of hydrogen-bond acceptors (Lipinski definition) is 3. The molecule has 4 nitrogen and oxygen atoms in total. The molecular weight excluding hydrogens is 240 g/mol. The van der Waals surface area contributed by atoms with Gasteiger partial charge in [-0.05, 0) is 29.9 Å². The van der Waals surface area contributed by atoms with Crippen LogP contribution in [0, 0.1) is 0 Å². The summed E-state index contributed by atoms with van der Waals surface area (Å²) in [4.78, 5) is 11.9. The fourth-order valence-electron chi connectivity index (χ4n) is 2.67. The maximum atomic E-state index is 11.9. The smallest absolute Gasteiger partial charge is 0.220 e. The zero-order valence-corrected chi connectivity index (χ0v) is 10.6. The maximum Gasteiger partial charge on any atom is 0.220 e. The van der Waals surface area contributed by atoms with Crippen LogP contribution in [0.3, 0.4) is 0 Å². The van der Waals surface area contributed by atoms with E-state index in [-0.39, 0.29) is 5.91 Å². The molecule has 2 aromatic rings.